The standard InChI is InChI=1S/C13H15N3OS/c17-13-11-9-2-1-3-10(9)18-12(11)15-7-16(13)8-4-5-14-6-8/h7-8,14H,1-6H2/t8-/m0/s1. The second-order valence-corrected chi connectivity index (χ2v) is 6.22. The number of fused-ring (bicyclic) bond motifs is 3. The van der Waals surface area contributed by atoms with Crippen LogP contribution in [-0.2, 0) is 12.8 Å². The van der Waals surface area contributed by atoms with Crippen molar-refractivity contribution in [3.8, 4) is 0 Å². The van der Waals surface area contributed by atoms with E-state index >= 15 is 0 Å². The summed E-state index contributed by atoms with van der Waals surface area (Å²) in [4.78, 5) is 19.5. The summed E-state index contributed by atoms with van der Waals surface area (Å²) < 4.78 is 1.84. The highest BCUT2D eigenvalue weighted by Gasteiger charge is 2.24. The van der Waals surface area contributed by atoms with Gasteiger partial charge in [0.15, 0.2) is 0 Å². The molecule has 2 aromatic heterocycles. The summed E-state index contributed by atoms with van der Waals surface area (Å²) >= 11 is 1.71. The smallest absolute Gasteiger partial charge is 0.262 e. The molecular formula is C13H15N3OS. The first-order chi connectivity index (χ1) is 8.84. The molecule has 5 heteroatoms. The number of hydrogen-bond acceptors (Lipinski definition) is 4. The molecule has 0 unspecified atom stereocenters. The lowest BCUT2D eigenvalue weighted by atomic mass is 10.2. The van der Waals surface area contributed by atoms with Crippen molar-refractivity contribution in [3.63, 3.8) is 0 Å². The molecule has 0 bridgehead atoms. The molecule has 1 N–H and O–H groups in total. The average molecular weight is 261 g/mol. The van der Waals surface area contributed by atoms with Gasteiger partial charge in [-0.1, -0.05) is 0 Å². The van der Waals surface area contributed by atoms with Crippen molar-refractivity contribution in [3.05, 3.63) is 27.1 Å². The molecule has 3 heterocycles. The Labute approximate surface area is 109 Å². The van der Waals surface area contributed by atoms with Crippen molar-refractivity contribution in [2.45, 2.75) is 31.7 Å². The Kier molecular flexibility index (Phi) is 2.32. The largest absolute Gasteiger partial charge is 0.315 e. The van der Waals surface area contributed by atoms with E-state index in [1.54, 1.807) is 17.7 Å². The highest BCUT2D eigenvalue weighted by Crippen LogP contribution is 2.34. The molecule has 2 aliphatic rings. The number of hydrogen-bond donors (Lipinski definition) is 1. The van der Waals surface area contributed by atoms with Crippen molar-refractivity contribution in [2.24, 2.45) is 0 Å². The predicted octanol–water partition coefficient (Wildman–Crippen LogP) is 1.48. The van der Waals surface area contributed by atoms with Crippen molar-refractivity contribution < 1.29 is 0 Å². The topological polar surface area (TPSA) is 46.9 Å². The SMILES string of the molecule is O=c1c2c3c(sc2ncn1[C@H]1CCNC1)CCC3. The minimum Gasteiger partial charge on any atom is -0.315 e. The molecule has 4 nitrogen and oxygen atoms in total. The van der Waals surface area contributed by atoms with Gasteiger partial charge in [-0.05, 0) is 37.8 Å². The zero-order chi connectivity index (χ0) is 12.1. The maximum absolute atomic E-state index is 12.6. The molecule has 0 spiro atoms. The highest BCUT2D eigenvalue weighted by atomic mass is 32.1. The second kappa shape index (κ2) is 3.90. The molecule has 0 aromatic carbocycles. The fourth-order valence-electron chi connectivity index (χ4n) is 3.13. The maximum Gasteiger partial charge on any atom is 0.262 e. The van der Waals surface area contributed by atoms with Gasteiger partial charge in [-0.15, -0.1) is 11.3 Å². The molecule has 0 saturated carbocycles. The minimum atomic E-state index is 0.174. The molecule has 1 saturated heterocycles. The van der Waals surface area contributed by atoms with Crippen LogP contribution in [-0.4, -0.2) is 22.6 Å². The van der Waals surface area contributed by atoms with Gasteiger partial charge < -0.3 is 5.32 Å². The van der Waals surface area contributed by atoms with Crippen LogP contribution in [0.5, 0.6) is 0 Å². The highest BCUT2D eigenvalue weighted by molar-refractivity contribution is 7.18. The second-order valence-electron chi connectivity index (χ2n) is 5.14. The van der Waals surface area contributed by atoms with Gasteiger partial charge in [0.25, 0.3) is 5.56 Å². The van der Waals surface area contributed by atoms with E-state index in [0.29, 0.717) is 0 Å². The van der Waals surface area contributed by atoms with Gasteiger partial charge in [-0.2, -0.15) is 0 Å². The van der Waals surface area contributed by atoms with E-state index in [-0.39, 0.29) is 11.6 Å². The van der Waals surface area contributed by atoms with Crippen molar-refractivity contribution >= 4 is 21.6 Å². The van der Waals surface area contributed by atoms with Crippen LogP contribution in [0.3, 0.4) is 0 Å². The van der Waals surface area contributed by atoms with Crippen LogP contribution in [0.1, 0.15) is 29.3 Å². The number of aromatic nitrogens is 2. The van der Waals surface area contributed by atoms with Gasteiger partial charge >= 0.3 is 0 Å². The summed E-state index contributed by atoms with van der Waals surface area (Å²) in [5.41, 5.74) is 1.46. The van der Waals surface area contributed by atoms with E-state index < -0.39 is 0 Å². The molecule has 1 aliphatic heterocycles. The molecule has 0 amide bonds. The van der Waals surface area contributed by atoms with E-state index in [2.05, 4.69) is 10.3 Å². The first kappa shape index (κ1) is 10.7. The minimum absolute atomic E-state index is 0.174. The molecule has 0 radical (unpaired) electrons. The van der Waals surface area contributed by atoms with Gasteiger partial charge in [0, 0.05) is 11.4 Å². The summed E-state index contributed by atoms with van der Waals surface area (Å²) in [6.45, 7) is 1.89. The Morgan fingerprint density at radius 2 is 2.39 bits per heavy atom. The number of nitrogens with zero attached hydrogens (tertiary/aromatic N) is 2. The third-order valence-corrected chi connectivity index (χ3v) is 5.28. The van der Waals surface area contributed by atoms with Gasteiger partial charge in [-0.25, -0.2) is 4.98 Å². The summed E-state index contributed by atoms with van der Waals surface area (Å²) in [5.74, 6) is 0. The molecule has 1 atom stereocenters. The Morgan fingerprint density at radius 1 is 1.44 bits per heavy atom. The molecular weight excluding hydrogens is 246 g/mol. The third kappa shape index (κ3) is 1.40. The van der Waals surface area contributed by atoms with E-state index in [0.717, 1.165) is 42.6 Å². The molecule has 4 rings (SSSR count). The van der Waals surface area contributed by atoms with Crippen molar-refractivity contribution in [2.75, 3.05) is 13.1 Å². The Balaban J connectivity index is 1.96. The first-order valence-corrected chi connectivity index (χ1v) is 7.38. The van der Waals surface area contributed by atoms with E-state index in [1.165, 1.54) is 16.9 Å². The van der Waals surface area contributed by atoms with Crippen LogP contribution in [0.2, 0.25) is 0 Å². The monoisotopic (exact) mass is 261 g/mol. The number of thiophene rings is 1. The Morgan fingerprint density at radius 3 is 3.22 bits per heavy atom. The molecule has 94 valence electrons. The normalized spacial score (nSPS) is 22.8. The lowest BCUT2D eigenvalue weighted by molar-refractivity contribution is 0.525. The van der Waals surface area contributed by atoms with Crippen molar-refractivity contribution in [1.82, 2.24) is 14.9 Å². The predicted molar refractivity (Wildman–Crippen MR) is 72.4 cm³/mol. The lowest BCUT2D eigenvalue weighted by Crippen LogP contribution is -2.26. The molecule has 1 aliphatic carbocycles. The van der Waals surface area contributed by atoms with E-state index in [4.69, 9.17) is 0 Å². The van der Waals surface area contributed by atoms with Crippen LogP contribution in [0.15, 0.2) is 11.1 Å². The summed E-state index contributed by atoms with van der Waals surface area (Å²) in [6, 6.07) is 0.284. The molecule has 18 heavy (non-hydrogen) atoms. The average Bonchev–Trinajstić information content (AvgIpc) is 3.04. The van der Waals surface area contributed by atoms with Crippen LogP contribution < -0.4 is 10.9 Å². The number of rotatable bonds is 1. The van der Waals surface area contributed by atoms with Crippen molar-refractivity contribution in [1.29, 1.82) is 0 Å². The van der Waals surface area contributed by atoms with Crippen LogP contribution in [0, 0.1) is 0 Å². The molecule has 1 fully saturated rings. The maximum atomic E-state index is 12.6. The van der Waals surface area contributed by atoms with Gasteiger partial charge in [0.05, 0.1) is 17.8 Å². The van der Waals surface area contributed by atoms with Gasteiger partial charge in [0.1, 0.15) is 4.83 Å². The zero-order valence-electron chi connectivity index (χ0n) is 10.1. The first-order valence-electron chi connectivity index (χ1n) is 6.56. The number of aryl methyl sites for hydroxylation is 2. The fourth-order valence-corrected chi connectivity index (χ4v) is 4.35. The Hall–Kier alpha value is -1.20. The zero-order valence-corrected chi connectivity index (χ0v) is 10.9. The summed E-state index contributed by atoms with van der Waals surface area (Å²) in [7, 11) is 0. The van der Waals surface area contributed by atoms with Crippen LogP contribution >= 0.6 is 11.3 Å². The van der Waals surface area contributed by atoms with E-state index in [1.807, 2.05) is 4.57 Å². The van der Waals surface area contributed by atoms with Gasteiger partial charge in [0.2, 0.25) is 0 Å². The van der Waals surface area contributed by atoms with Crippen LogP contribution in [0.4, 0.5) is 0 Å². The lowest BCUT2D eigenvalue weighted by Gasteiger charge is -2.11. The van der Waals surface area contributed by atoms with Crippen LogP contribution in [0.25, 0.3) is 10.2 Å². The number of nitrogens with one attached hydrogen (secondary N) is 1. The third-order valence-electron chi connectivity index (χ3n) is 4.08. The quantitative estimate of drug-likeness (QED) is 0.846. The van der Waals surface area contributed by atoms with E-state index in [9.17, 15) is 4.79 Å². The fraction of sp³-hybridized carbons (Fsp3) is 0.538. The molecule has 2 aromatic rings. The summed E-state index contributed by atoms with van der Waals surface area (Å²) in [6.07, 6.45) is 6.14. The van der Waals surface area contributed by atoms with Gasteiger partial charge in [-0.3, -0.25) is 9.36 Å². The Bertz CT molecular complexity index is 667. The summed E-state index contributed by atoms with van der Waals surface area (Å²) in [5, 5.41) is 4.21.